The molecule has 0 unspecified atom stereocenters. The molecule has 1 aliphatic rings. The molecule has 0 N–H and O–H groups in total. The number of methoxy groups -OCH3 is 1. The van der Waals surface area contributed by atoms with Crippen LogP contribution in [0, 0.1) is 11.7 Å². The predicted molar refractivity (Wildman–Crippen MR) is 132 cm³/mol. The van der Waals surface area contributed by atoms with Gasteiger partial charge in [0.15, 0.2) is 0 Å². The summed E-state index contributed by atoms with van der Waals surface area (Å²) in [6.45, 7) is 6.14. The Bertz CT molecular complexity index is 1080. The molecule has 32 heavy (non-hydrogen) atoms. The van der Waals surface area contributed by atoms with Gasteiger partial charge in [0.2, 0.25) is 4.77 Å². The van der Waals surface area contributed by atoms with Crippen LogP contribution in [-0.2, 0) is 23.6 Å². The first-order valence-corrected chi connectivity index (χ1v) is 12.5. The SMILES string of the molecule is COc1ccc(CSCCc2nn(CN3CCOCC3)c(=S)n2-c2ccccc2)cc1C. The number of rotatable bonds is 9. The second-order valence-electron chi connectivity index (χ2n) is 7.85. The van der Waals surface area contributed by atoms with Crippen LogP contribution in [0.1, 0.15) is 17.0 Å². The number of aromatic nitrogens is 3. The molecule has 3 aromatic rings. The highest BCUT2D eigenvalue weighted by atomic mass is 32.2. The van der Waals surface area contributed by atoms with Gasteiger partial charge in [0.1, 0.15) is 11.6 Å². The lowest BCUT2D eigenvalue weighted by molar-refractivity contribution is 0.0209. The van der Waals surface area contributed by atoms with Gasteiger partial charge in [0.05, 0.1) is 27.0 Å². The van der Waals surface area contributed by atoms with Crippen molar-refractivity contribution in [3.63, 3.8) is 0 Å². The lowest BCUT2D eigenvalue weighted by atomic mass is 10.1. The monoisotopic (exact) mass is 470 g/mol. The lowest BCUT2D eigenvalue weighted by Gasteiger charge is -2.26. The summed E-state index contributed by atoms with van der Waals surface area (Å²) >= 11 is 7.76. The number of ether oxygens (including phenoxy) is 2. The van der Waals surface area contributed by atoms with Crippen molar-refractivity contribution < 1.29 is 9.47 Å². The third-order valence-corrected chi connectivity index (χ3v) is 6.98. The molecule has 8 heteroatoms. The minimum atomic E-state index is 0.702. The van der Waals surface area contributed by atoms with E-state index < -0.39 is 0 Å². The fourth-order valence-electron chi connectivity index (χ4n) is 3.86. The van der Waals surface area contributed by atoms with Gasteiger partial charge in [-0.25, -0.2) is 4.68 Å². The molecule has 2 heterocycles. The standard InChI is InChI=1S/C24H30N4O2S2/c1-19-16-20(8-9-22(19)29-2)17-32-15-10-23-25-27(18-26-11-13-30-14-12-26)24(31)28(23)21-6-4-3-5-7-21/h3-9,16H,10-15,17-18H2,1-2H3. The van der Waals surface area contributed by atoms with Crippen molar-refractivity contribution in [2.24, 2.45) is 0 Å². The van der Waals surface area contributed by atoms with E-state index in [4.69, 9.17) is 26.8 Å². The van der Waals surface area contributed by atoms with Crippen LogP contribution in [0.4, 0.5) is 0 Å². The second kappa shape index (κ2) is 11.1. The van der Waals surface area contributed by atoms with Crippen LogP contribution >= 0.6 is 24.0 Å². The van der Waals surface area contributed by atoms with Gasteiger partial charge in [-0.1, -0.05) is 30.3 Å². The first-order valence-electron chi connectivity index (χ1n) is 10.9. The minimum absolute atomic E-state index is 0.702. The summed E-state index contributed by atoms with van der Waals surface area (Å²) in [6, 6.07) is 16.7. The van der Waals surface area contributed by atoms with Gasteiger partial charge in [-0.2, -0.15) is 16.9 Å². The first kappa shape index (κ1) is 23.0. The number of nitrogens with zero attached hydrogens (tertiary/aromatic N) is 4. The number of hydrogen-bond acceptors (Lipinski definition) is 6. The zero-order chi connectivity index (χ0) is 22.3. The van der Waals surface area contributed by atoms with Crippen LogP contribution in [0.5, 0.6) is 5.75 Å². The molecular formula is C24H30N4O2S2. The number of aryl methyl sites for hydroxylation is 2. The third kappa shape index (κ3) is 5.61. The largest absolute Gasteiger partial charge is 0.496 e. The quantitative estimate of drug-likeness (QED) is 0.339. The summed E-state index contributed by atoms with van der Waals surface area (Å²) in [6.07, 6.45) is 0.856. The van der Waals surface area contributed by atoms with E-state index in [2.05, 4.69) is 40.7 Å². The van der Waals surface area contributed by atoms with Crippen LogP contribution in [0.25, 0.3) is 5.69 Å². The normalized spacial score (nSPS) is 14.6. The van der Waals surface area contributed by atoms with Crippen molar-refractivity contribution in [2.75, 3.05) is 39.2 Å². The summed E-state index contributed by atoms with van der Waals surface area (Å²) in [5.41, 5.74) is 3.55. The van der Waals surface area contributed by atoms with Gasteiger partial charge >= 0.3 is 0 Å². The van der Waals surface area contributed by atoms with Crippen LogP contribution in [0.15, 0.2) is 48.5 Å². The Hall–Kier alpha value is -2.13. The lowest BCUT2D eigenvalue weighted by Crippen LogP contribution is -2.37. The fraction of sp³-hybridized carbons (Fsp3) is 0.417. The van der Waals surface area contributed by atoms with Crippen LogP contribution in [0.3, 0.4) is 0 Å². The summed E-state index contributed by atoms with van der Waals surface area (Å²) in [7, 11) is 1.71. The van der Waals surface area contributed by atoms with Crippen molar-refractivity contribution >= 4 is 24.0 Å². The number of benzene rings is 2. The maximum atomic E-state index is 5.84. The second-order valence-corrected chi connectivity index (χ2v) is 9.32. The van der Waals surface area contributed by atoms with Crippen molar-refractivity contribution in [3.8, 4) is 11.4 Å². The van der Waals surface area contributed by atoms with Crippen LogP contribution < -0.4 is 4.74 Å². The summed E-state index contributed by atoms with van der Waals surface area (Å²) < 4.78 is 15.7. The number of morpholine rings is 1. The minimum Gasteiger partial charge on any atom is -0.496 e. The highest BCUT2D eigenvalue weighted by Gasteiger charge is 2.16. The van der Waals surface area contributed by atoms with E-state index in [-0.39, 0.29) is 0 Å². The van der Waals surface area contributed by atoms with E-state index in [0.717, 1.165) is 66.3 Å². The molecule has 0 aliphatic carbocycles. The molecule has 0 saturated carbocycles. The molecule has 0 atom stereocenters. The van der Waals surface area contributed by atoms with Crippen LogP contribution in [0.2, 0.25) is 0 Å². The van der Waals surface area contributed by atoms with E-state index in [1.807, 2.05) is 40.7 Å². The van der Waals surface area contributed by atoms with Gasteiger partial charge in [0.25, 0.3) is 0 Å². The van der Waals surface area contributed by atoms with E-state index in [9.17, 15) is 0 Å². The highest BCUT2D eigenvalue weighted by Crippen LogP contribution is 2.22. The molecule has 2 aromatic carbocycles. The Kier molecular flexibility index (Phi) is 8.02. The molecule has 1 fully saturated rings. The molecule has 0 amide bonds. The van der Waals surface area contributed by atoms with Crippen molar-refractivity contribution in [1.29, 1.82) is 0 Å². The molecule has 1 aliphatic heterocycles. The first-order chi connectivity index (χ1) is 15.7. The Balaban J connectivity index is 1.46. The van der Waals surface area contributed by atoms with E-state index >= 15 is 0 Å². The molecule has 1 saturated heterocycles. The Morgan fingerprint density at radius 2 is 1.91 bits per heavy atom. The summed E-state index contributed by atoms with van der Waals surface area (Å²) in [4.78, 5) is 2.34. The summed E-state index contributed by atoms with van der Waals surface area (Å²) in [5.74, 6) is 3.88. The van der Waals surface area contributed by atoms with E-state index in [1.165, 1.54) is 11.1 Å². The molecule has 6 nitrogen and oxygen atoms in total. The van der Waals surface area contributed by atoms with Gasteiger partial charge in [0, 0.05) is 36.7 Å². The molecule has 170 valence electrons. The molecule has 1 aromatic heterocycles. The summed E-state index contributed by atoms with van der Waals surface area (Å²) in [5, 5.41) is 4.92. The van der Waals surface area contributed by atoms with Gasteiger partial charge in [-0.15, -0.1) is 0 Å². The van der Waals surface area contributed by atoms with Crippen molar-refractivity contribution in [2.45, 2.75) is 25.8 Å². The predicted octanol–water partition coefficient (Wildman–Crippen LogP) is 4.49. The smallest absolute Gasteiger partial charge is 0.203 e. The molecule has 4 rings (SSSR count). The highest BCUT2D eigenvalue weighted by molar-refractivity contribution is 7.98. The maximum Gasteiger partial charge on any atom is 0.203 e. The topological polar surface area (TPSA) is 44.4 Å². The Morgan fingerprint density at radius 1 is 1.12 bits per heavy atom. The zero-order valence-corrected chi connectivity index (χ0v) is 20.3. The average molecular weight is 471 g/mol. The fourth-order valence-corrected chi connectivity index (χ4v) is 5.05. The molecule has 0 bridgehead atoms. The number of para-hydroxylation sites is 1. The zero-order valence-electron chi connectivity index (χ0n) is 18.7. The van der Waals surface area contributed by atoms with Crippen molar-refractivity contribution in [3.05, 3.63) is 70.3 Å². The Morgan fingerprint density at radius 3 is 2.62 bits per heavy atom. The third-order valence-electron chi connectivity index (χ3n) is 5.56. The number of hydrogen-bond donors (Lipinski definition) is 0. The van der Waals surface area contributed by atoms with Gasteiger partial charge < -0.3 is 9.47 Å². The number of thioether (sulfide) groups is 1. The van der Waals surface area contributed by atoms with Gasteiger partial charge in [-0.05, 0) is 48.5 Å². The van der Waals surface area contributed by atoms with Crippen LogP contribution in [-0.4, -0.2) is 58.4 Å². The van der Waals surface area contributed by atoms with Gasteiger partial charge in [-0.3, -0.25) is 9.47 Å². The average Bonchev–Trinajstić information content (AvgIpc) is 3.13. The molecular weight excluding hydrogens is 440 g/mol. The van der Waals surface area contributed by atoms with E-state index in [0.29, 0.717) is 6.67 Å². The van der Waals surface area contributed by atoms with E-state index in [1.54, 1.807) is 7.11 Å². The molecule has 0 spiro atoms. The molecule has 0 radical (unpaired) electrons. The van der Waals surface area contributed by atoms with Crippen molar-refractivity contribution in [1.82, 2.24) is 19.2 Å². The Labute approximate surface area is 199 Å². The maximum absolute atomic E-state index is 5.84.